The number of carboxylic acids is 1. The molecule has 1 heterocycles. The van der Waals surface area contributed by atoms with E-state index in [2.05, 4.69) is 5.32 Å². The number of amides is 1. The van der Waals surface area contributed by atoms with Crippen molar-refractivity contribution in [3.8, 4) is 0 Å². The molecule has 0 aliphatic rings. The van der Waals surface area contributed by atoms with Crippen LogP contribution in [-0.4, -0.2) is 31.7 Å². The second-order valence-electron chi connectivity index (χ2n) is 4.69. The number of aryl methyl sites for hydroxylation is 1. The average molecular weight is 339 g/mol. The van der Waals surface area contributed by atoms with Gasteiger partial charge in [-0.25, -0.2) is 13.2 Å². The van der Waals surface area contributed by atoms with Crippen LogP contribution in [0.4, 0.5) is 5.69 Å². The molecule has 2 N–H and O–H groups in total. The van der Waals surface area contributed by atoms with Gasteiger partial charge in [0.2, 0.25) is 0 Å². The number of nitrogens with one attached hydrogen (secondary N) is 1. The zero-order valence-corrected chi connectivity index (χ0v) is 13.4. The first-order valence-electron chi connectivity index (χ1n) is 6.13. The van der Waals surface area contributed by atoms with Crippen molar-refractivity contribution in [1.29, 1.82) is 0 Å². The van der Waals surface area contributed by atoms with E-state index in [1.165, 1.54) is 23.5 Å². The fraction of sp³-hybridized carbons (Fsp3) is 0.143. The number of benzene rings is 1. The van der Waals surface area contributed by atoms with Gasteiger partial charge in [0.15, 0.2) is 9.84 Å². The Morgan fingerprint density at radius 2 is 1.86 bits per heavy atom. The molecule has 0 radical (unpaired) electrons. The number of carboxylic acid groups (broad SMARTS) is 1. The minimum atomic E-state index is -3.59. The van der Waals surface area contributed by atoms with Crippen molar-refractivity contribution >= 4 is 38.7 Å². The first-order valence-corrected chi connectivity index (χ1v) is 8.84. The molecule has 0 atom stereocenters. The average Bonchev–Trinajstić information content (AvgIpc) is 2.84. The van der Waals surface area contributed by atoms with Gasteiger partial charge >= 0.3 is 5.97 Å². The predicted molar refractivity (Wildman–Crippen MR) is 83.5 cm³/mol. The monoisotopic (exact) mass is 339 g/mol. The number of sulfone groups is 1. The van der Waals surface area contributed by atoms with Crippen LogP contribution in [0.3, 0.4) is 0 Å². The molecule has 1 aromatic heterocycles. The van der Waals surface area contributed by atoms with E-state index >= 15 is 0 Å². The molecule has 22 heavy (non-hydrogen) atoms. The second-order valence-corrected chi connectivity index (χ2v) is 7.99. The number of hydrogen-bond donors (Lipinski definition) is 2. The summed E-state index contributed by atoms with van der Waals surface area (Å²) < 4.78 is 23.2. The predicted octanol–water partition coefficient (Wildman–Crippen LogP) is 2.41. The summed E-state index contributed by atoms with van der Waals surface area (Å²) in [5.41, 5.74) is -0.0861. The zero-order chi connectivity index (χ0) is 16.5. The summed E-state index contributed by atoms with van der Waals surface area (Å²) in [6.07, 6.45) is 0.974. The number of thiophene rings is 1. The molecule has 1 amide bonds. The molecule has 8 heteroatoms. The normalized spacial score (nSPS) is 11.2. The lowest BCUT2D eigenvalue weighted by Gasteiger charge is -2.08. The summed E-state index contributed by atoms with van der Waals surface area (Å²) in [4.78, 5) is 24.4. The highest BCUT2D eigenvalue weighted by Gasteiger charge is 2.16. The zero-order valence-electron chi connectivity index (χ0n) is 11.8. The molecule has 0 fully saturated rings. The van der Waals surface area contributed by atoms with Crippen molar-refractivity contribution in [1.82, 2.24) is 0 Å². The van der Waals surface area contributed by atoms with Gasteiger partial charge in [-0.15, -0.1) is 11.3 Å². The summed E-state index contributed by atoms with van der Waals surface area (Å²) in [6, 6.07) is 6.95. The van der Waals surface area contributed by atoms with E-state index in [-0.39, 0.29) is 16.1 Å². The number of aromatic carboxylic acids is 1. The lowest BCUT2D eigenvalue weighted by atomic mass is 10.2. The number of anilines is 1. The highest BCUT2D eigenvalue weighted by Crippen LogP contribution is 2.21. The Morgan fingerprint density at radius 3 is 2.36 bits per heavy atom. The second kappa shape index (κ2) is 5.90. The summed E-state index contributed by atoms with van der Waals surface area (Å²) in [6.45, 7) is 1.86. The molecule has 2 rings (SSSR count). The van der Waals surface area contributed by atoms with Crippen LogP contribution >= 0.6 is 11.3 Å². The first-order chi connectivity index (χ1) is 10.2. The summed E-state index contributed by atoms with van der Waals surface area (Å²) in [5, 5.41) is 11.6. The van der Waals surface area contributed by atoms with E-state index in [1.807, 2.05) is 6.92 Å². The van der Waals surface area contributed by atoms with Crippen LogP contribution in [0.5, 0.6) is 0 Å². The van der Waals surface area contributed by atoms with Crippen LogP contribution in [-0.2, 0) is 9.84 Å². The highest BCUT2D eigenvalue weighted by molar-refractivity contribution is 7.90. The van der Waals surface area contributed by atoms with E-state index in [1.54, 1.807) is 12.1 Å². The van der Waals surface area contributed by atoms with Crippen LogP contribution in [0, 0.1) is 6.92 Å². The van der Waals surface area contributed by atoms with Crippen LogP contribution in [0.2, 0.25) is 0 Å². The lowest BCUT2D eigenvalue weighted by Crippen LogP contribution is -2.12. The van der Waals surface area contributed by atoms with Crippen molar-refractivity contribution in [3.05, 3.63) is 45.6 Å². The van der Waals surface area contributed by atoms with Crippen molar-refractivity contribution < 1.29 is 23.1 Å². The van der Waals surface area contributed by atoms with Crippen LogP contribution in [0.15, 0.2) is 35.2 Å². The number of rotatable bonds is 4. The fourth-order valence-corrected chi connectivity index (χ4v) is 3.20. The van der Waals surface area contributed by atoms with E-state index in [4.69, 9.17) is 5.11 Å². The molecule has 0 unspecified atom stereocenters. The Labute approximate surface area is 131 Å². The minimum Gasteiger partial charge on any atom is -0.478 e. The van der Waals surface area contributed by atoms with E-state index in [0.29, 0.717) is 4.88 Å². The van der Waals surface area contributed by atoms with Crippen molar-refractivity contribution in [2.45, 2.75) is 11.8 Å². The third-order valence-electron chi connectivity index (χ3n) is 2.80. The van der Waals surface area contributed by atoms with Gasteiger partial charge in [0.05, 0.1) is 15.3 Å². The summed E-state index contributed by atoms with van der Waals surface area (Å²) in [7, 11) is -3.59. The van der Waals surface area contributed by atoms with Gasteiger partial charge in [-0.2, -0.15) is 0 Å². The Balaban J connectivity index is 2.40. The SMILES string of the molecule is Cc1ccc(C(=O)Nc2cc(C(=O)O)cc(S(C)(=O)=O)c2)s1. The van der Waals surface area contributed by atoms with Crippen LogP contribution < -0.4 is 5.32 Å². The first kappa shape index (κ1) is 16.2. The van der Waals surface area contributed by atoms with Crippen LogP contribution in [0.25, 0.3) is 0 Å². The van der Waals surface area contributed by atoms with Crippen molar-refractivity contribution in [2.75, 3.05) is 11.6 Å². The molecule has 0 spiro atoms. The quantitative estimate of drug-likeness (QED) is 0.891. The van der Waals surface area contributed by atoms with Gasteiger partial charge in [0.25, 0.3) is 5.91 Å². The summed E-state index contributed by atoms with van der Waals surface area (Å²) >= 11 is 1.29. The third-order valence-corrected chi connectivity index (χ3v) is 4.90. The maximum Gasteiger partial charge on any atom is 0.335 e. The Kier molecular flexibility index (Phi) is 4.34. The van der Waals surface area contributed by atoms with E-state index in [0.717, 1.165) is 17.2 Å². The van der Waals surface area contributed by atoms with Gasteiger partial charge in [0, 0.05) is 16.8 Å². The molecule has 2 aromatic rings. The molecule has 6 nitrogen and oxygen atoms in total. The smallest absolute Gasteiger partial charge is 0.335 e. The van der Waals surface area contributed by atoms with E-state index < -0.39 is 21.7 Å². The Bertz CT molecular complexity index is 852. The van der Waals surface area contributed by atoms with Crippen LogP contribution in [0.1, 0.15) is 24.9 Å². The number of carbonyl (C=O) groups is 2. The molecule has 116 valence electrons. The lowest BCUT2D eigenvalue weighted by molar-refractivity contribution is 0.0696. The third kappa shape index (κ3) is 3.71. The molecule has 1 aromatic carbocycles. The number of hydrogen-bond acceptors (Lipinski definition) is 5. The molecular weight excluding hydrogens is 326 g/mol. The largest absolute Gasteiger partial charge is 0.478 e. The molecule has 0 aliphatic heterocycles. The van der Waals surface area contributed by atoms with Crippen molar-refractivity contribution in [2.24, 2.45) is 0 Å². The molecule has 0 bridgehead atoms. The molecule has 0 saturated carbocycles. The van der Waals surface area contributed by atoms with Gasteiger partial charge in [-0.3, -0.25) is 4.79 Å². The van der Waals surface area contributed by atoms with Gasteiger partial charge in [0.1, 0.15) is 0 Å². The Morgan fingerprint density at radius 1 is 1.18 bits per heavy atom. The molecule has 0 aliphatic carbocycles. The maximum absolute atomic E-state index is 12.1. The van der Waals surface area contributed by atoms with Crippen molar-refractivity contribution in [3.63, 3.8) is 0 Å². The van der Waals surface area contributed by atoms with Gasteiger partial charge in [-0.05, 0) is 37.3 Å². The highest BCUT2D eigenvalue weighted by atomic mass is 32.2. The molecular formula is C14H13NO5S2. The van der Waals surface area contributed by atoms with Gasteiger partial charge in [-0.1, -0.05) is 0 Å². The van der Waals surface area contributed by atoms with E-state index in [9.17, 15) is 18.0 Å². The summed E-state index contributed by atoms with van der Waals surface area (Å²) in [5.74, 6) is -1.69. The number of carbonyl (C=O) groups excluding carboxylic acids is 1. The standard InChI is InChI=1S/C14H13NO5S2/c1-8-3-4-12(21-8)13(16)15-10-5-9(14(17)18)6-11(7-10)22(2,19)20/h3-7H,1-2H3,(H,15,16)(H,17,18). The maximum atomic E-state index is 12.1. The Hall–Kier alpha value is -2.19. The van der Waals surface area contributed by atoms with Gasteiger partial charge < -0.3 is 10.4 Å². The molecule has 0 saturated heterocycles. The topological polar surface area (TPSA) is 101 Å². The minimum absolute atomic E-state index is 0.122. The fourth-order valence-electron chi connectivity index (χ4n) is 1.76.